The van der Waals surface area contributed by atoms with E-state index in [-0.39, 0.29) is 5.84 Å². The summed E-state index contributed by atoms with van der Waals surface area (Å²) >= 11 is 0. The molecule has 0 atom stereocenters. The molecule has 0 aliphatic rings. The minimum absolute atomic E-state index is 0.148. The van der Waals surface area contributed by atoms with Crippen LogP contribution in [0.2, 0.25) is 0 Å². The molecule has 0 rings (SSSR count). The monoisotopic (exact) mass is 175 g/mol. The number of rotatable bonds is 1. The normalized spacial score (nSPS) is 12.8. The molecule has 0 bridgehead atoms. The minimum atomic E-state index is -0.854. The summed E-state index contributed by atoms with van der Waals surface area (Å²) in [5.41, 5.74) is 4.74. The van der Waals surface area contributed by atoms with Gasteiger partial charge < -0.3 is 15.3 Å². The van der Waals surface area contributed by atoms with E-state index in [0.29, 0.717) is 0 Å². The summed E-state index contributed by atoms with van der Waals surface area (Å²) < 4.78 is 0. The standard InChI is InChI=1S/C4H9N5O3/c1-5-3(7-6-2)4(8-10)9(11)12/h6,10H,1-2H3,(H,5,7)/b8-4+. The summed E-state index contributed by atoms with van der Waals surface area (Å²) in [5, 5.41) is 20.9. The van der Waals surface area contributed by atoms with Gasteiger partial charge in [0.1, 0.15) is 0 Å². The molecule has 0 unspecified atom stereocenters. The quantitative estimate of drug-likeness (QED) is 0.152. The number of nitrogens with zero attached hydrogens (tertiary/aromatic N) is 3. The first-order valence-electron chi connectivity index (χ1n) is 2.93. The maximum absolute atomic E-state index is 10.2. The molecule has 12 heavy (non-hydrogen) atoms. The molecule has 0 saturated carbocycles. The molecule has 0 aromatic carbocycles. The summed E-state index contributed by atoms with van der Waals surface area (Å²) in [4.78, 5) is 12.8. The Morgan fingerprint density at radius 2 is 2.25 bits per heavy atom. The van der Waals surface area contributed by atoms with E-state index in [9.17, 15) is 10.1 Å². The highest BCUT2D eigenvalue weighted by molar-refractivity contribution is 6.36. The second-order valence-corrected chi connectivity index (χ2v) is 1.63. The smallest absolute Gasteiger partial charge is 0.358 e. The lowest BCUT2D eigenvalue weighted by atomic mass is 10.5. The zero-order valence-corrected chi connectivity index (χ0v) is 6.61. The Hall–Kier alpha value is -1.70. The maximum atomic E-state index is 10.2. The molecule has 8 heteroatoms. The molecule has 0 fully saturated rings. The fraction of sp³-hybridized carbons (Fsp3) is 0.500. The molecule has 3 N–H and O–H groups in total. The van der Waals surface area contributed by atoms with Crippen LogP contribution in [0.25, 0.3) is 0 Å². The topological polar surface area (TPSA) is 112 Å². The first-order chi connectivity index (χ1) is 5.67. The van der Waals surface area contributed by atoms with E-state index < -0.39 is 10.8 Å². The van der Waals surface area contributed by atoms with Gasteiger partial charge in [0.05, 0.1) is 0 Å². The van der Waals surface area contributed by atoms with Gasteiger partial charge in [-0.1, -0.05) is 0 Å². The van der Waals surface area contributed by atoms with Crippen molar-refractivity contribution in [3.8, 4) is 0 Å². The van der Waals surface area contributed by atoms with Crippen LogP contribution in [-0.2, 0) is 0 Å². The average molecular weight is 175 g/mol. The number of oxime groups is 1. The van der Waals surface area contributed by atoms with Crippen molar-refractivity contribution in [1.82, 2.24) is 10.9 Å². The van der Waals surface area contributed by atoms with E-state index in [1.807, 2.05) is 0 Å². The van der Waals surface area contributed by atoms with E-state index >= 15 is 0 Å². The van der Waals surface area contributed by atoms with Crippen molar-refractivity contribution in [3.05, 3.63) is 10.1 Å². The lowest BCUT2D eigenvalue weighted by Crippen LogP contribution is -2.42. The number of hydrazine groups is 1. The highest BCUT2D eigenvalue weighted by Crippen LogP contribution is 1.81. The molecule has 0 aromatic heterocycles. The van der Waals surface area contributed by atoms with Crippen LogP contribution in [0.4, 0.5) is 0 Å². The predicted molar refractivity (Wildman–Crippen MR) is 41.8 cm³/mol. The molecule has 0 amide bonds. The van der Waals surface area contributed by atoms with Crippen molar-refractivity contribution >= 4 is 11.7 Å². The third-order valence-corrected chi connectivity index (χ3v) is 0.946. The zero-order valence-electron chi connectivity index (χ0n) is 6.61. The molecule has 0 aliphatic carbocycles. The van der Waals surface area contributed by atoms with Crippen LogP contribution in [0.1, 0.15) is 0 Å². The highest BCUT2D eigenvalue weighted by Gasteiger charge is 2.20. The number of nitrogens with one attached hydrogen (secondary N) is 2. The van der Waals surface area contributed by atoms with Gasteiger partial charge in [-0.25, -0.2) is 5.43 Å². The van der Waals surface area contributed by atoms with Crippen molar-refractivity contribution < 1.29 is 10.1 Å². The van der Waals surface area contributed by atoms with Crippen LogP contribution >= 0.6 is 0 Å². The average Bonchev–Trinajstić information content (AvgIpc) is 2.03. The van der Waals surface area contributed by atoms with Gasteiger partial charge in [0, 0.05) is 14.1 Å². The van der Waals surface area contributed by atoms with E-state index in [1.165, 1.54) is 14.1 Å². The van der Waals surface area contributed by atoms with E-state index in [4.69, 9.17) is 5.21 Å². The Kier molecular flexibility index (Phi) is 4.31. The van der Waals surface area contributed by atoms with Crippen molar-refractivity contribution in [2.45, 2.75) is 0 Å². The first kappa shape index (κ1) is 10.3. The molecule has 0 spiro atoms. The lowest BCUT2D eigenvalue weighted by Gasteiger charge is -2.02. The molecule has 0 heterocycles. The van der Waals surface area contributed by atoms with Gasteiger partial charge in [-0.3, -0.25) is 10.4 Å². The van der Waals surface area contributed by atoms with Gasteiger partial charge in [0.2, 0.25) is 5.84 Å². The van der Waals surface area contributed by atoms with Gasteiger partial charge in [-0.05, 0) is 4.92 Å². The summed E-state index contributed by atoms with van der Waals surface area (Å²) in [6.07, 6.45) is 0. The third-order valence-electron chi connectivity index (χ3n) is 0.946. The summed E-state index contributed by atoms with van der Waals surface area (Å²) in [5.74, 6) is -0.892. The predicted octanol–water partition coefficient (Wildman–Crippen LogP) is -1.20. The molecule has 0 aliphatic heterocycles. The van der Waals surface area contributed by atoms with Crippen molar-refractivity contribution in [3.63, 3.8) is 0 Å². The Morgan fingerprint density at radius 1 is 1.67 bits per heavy atom. The molecule has 8 nitrogen and oxygen atoms in total. The number of hydrogen-bond acceptors (Lipinski definition) is 6. The second kappa shape index (κ2) is 5.02. The Bertz CT molecular complexity index is 223. The molecule has 0 aromatic rings. The van der Waals surface area contributed by atoms with E-state index in [1.54, 1.807) is 0 Å². The third kappa shape index (κ3) is 2.50. The van der Waals surface area contributed by atoms with E-state index in [0.717, 1.165) is 0 Å². The van der Waals surface area contributed by atoms with Crippen LogP contribution in [-0.4, -0.2) is 35.9 Å². The summed E-state index contributed by atoms with van der Waals surface area (Å²) in [6, 6.07) is 0. The number of nitro groups is 1. The molecular formula is C4H9N5O3. The van der Waals surface area contributed by atoms with Gasteiger partial charge in [0.15, 0.2) is 5.16 Å². The minimum Gasteiger partial charge on any atom is -0.358 e. The molecule has 0 saturated heterocycles. The Morgan fingerprint density at radius 3 is 2.50 bits per heavy atom. The SMILES string of the molecule is CN=C(NNC)/C(=N\O)[N+](=O)[O-]. The van der Waals surface area contributed by atoms with Gasteiger partial charge >= 0.3 is 5.84 Å². The lowest BCUT2D eigenvalue weighted by molar-refractivity contribution is -0.348. The Balaban J connectivity index is 4.60. The van der Waals surface area contributed by atoms with Crippen molar-refractivity contribution in [2.24, 2.45) is 10.1 Å². The van der Waals surface area contributed by atoms with Gasteiger partial charge in [0.25, 0.3) is 0 Å². The molecule has 68 valence electrons. The van der Waals surface area contributed by atoms with Crippen LogP contribution in [0.5, 0.6) is 0 Å². The number of aliphatic imine (C=N–C) groups is 1. The number of hydrogen-bond donors (Lipinski definition) is 3. The van der Waals surface area contributed by atoms with Crippen LogP contribution < -0.4 is 10.9 Å². The van der Waals surface area contributed by atoms with Crippen LogP contribution in [0.3, 0.4) is 0 Å². The summed E-state index contributed by atoms with van der Waals surface area (Å²) in [6.45, 7) is 0. The highest BCUT2D eigenvalue weighted by atomic mass is 16.6. The fourth-order valence-electron chi connectivity index (χ4n) is 0.501. The zero-order chi connectivity index (χ0) is 9.56. The van der Waals surface area contributed by atoms with Crippen molar-refractivity contribution in [1.29, 1.82) is 0 Å². The van der Waals surface area contributed by atoms with Gasteiger partial charge in [-0.2, -0.15) is 0 Å². The molecular weight excluding hydrogens is 166 g/mol. The second-order valence-electron chi connectivity index (χ2n) is 1.63. The number of amidine groups is 2. The van der Waals surface area contributed by atoms with Crippen LogP contribution in [0, 0.1) is 10.1 Å². The maximum Gasteiger partial charge on any atom is 0.452 e. The molecule has 0 radical (unpaired) electrons. The largest absolute Gasteiger partial charge is 0.452 e. The van der Waals surface area contributed by atoms with Crippen molar-refractivity contribution in [2.75, 3.05) is 14.1 Å². The fourth-order valence-corrected chi connectivity index (χ4v) is 0.501. The van der Waals surface area contributed by atoms with E-state index in [2.05, 4.69) is 21.0 Å². The van der Waals surface area contributed by atoms with Crippen LogP contribution in [0.15, 0.2) is 10.1 Å². The van der Waals surface area contributed by atoms with Gasteiger partial charge in [-0.15, -0.1) is 0 Å². The summed E-state index contributed by atoms with van der Waals surface area (Å²) in [7, 11) is 2.83. The first-order valence-corrected chi connectivity index (χ1v) is 2.93. The Labute approximate surface area is 68.1 Å².